The van der Waals surface area contributed by atoms with Gasteiger partial charge in [0, 0.05) is 12.1 Å². The fraction of sp³-hybridized carbons (Fsp3) is 0.562. The van der Waals surface area contributed by atoms with Crippen molar-refractivity contribution in [3.63, 3.8) is 0 Å². The number of nitrogens with one attached hydrogen (secondary N) is 1. The normalized spacial score (nSPS) is 21.0. The Kier molecular flexibility index (Phi) is 3.35. The number of hydrogen-bond donors (Lipinski definition) is 1. The predicted molar refractivity (Wildman–Crippen MR) is 72.9 cm³/mol. The highest BCUT2D eigenvalue weighted by atomic mass is 16.1. The summed E-state index contributed by atoms with van der Waals surface area (Å²) in [5.41, 5.74) is 3.53. The molecule has 0 unspecified atom stereocenters. The number of fused-ring (bicyclic) bond motifs is 1. The first kappa shape index (κ1) is 11.8. The molecule has 18 heavy (non-hydrogen) atoms. The van der Waals surface area contributed by atoms with Gasteiger partial charge in [-0.3, -0.25) is 4.79 Å². The van der Waals surface area contributed by atoms with Gasteiger partial charge in [-0.25, -0.2) is 0 Å². The summed E-state index contributed by atoms with van der Waals surface area (Å²) in [6.07, 6.45) is 8.73. The summed E-state index contributed by atoms with van der Waals surface area (Å²) < 4.78 is 0. The zero-order chi connectivity index (χ0) is 12.4. The lowest BCUT2D eigenvalue weighted by Crippen LogP contribution is -2.22. The smallest absolute Gasteiger partial charge is 0.251 e. The lowest BCUT2D eigenvalue weighted by molar-refractivity contribution is 0.0956. The monoisotopic (exact) mass is 243 g/mol. The third-order valence-electron chi connectivity index (χ3n) is 4.36. The maximum absolute atomic E-state index is 12.0. The lowest BCUT2D eigenvalue weighted by Gasteiger charge is -2.22. The minimum Gasteiger partial charge on any atom is -0.352 e. The minimum absolute atomic E-state index is 0.125. The molecule has 1 aromatic carbocycles. The molecule has 1 heterocycles. The molecular weight excluding hydrogens is 222 g/mol. The van der Waals surface area contributed by atoms with Crippen LogP contribution in [0.15, 0.2) is 18.2 Å². The highest BCUT2D eigenvalue weighted by molar-refractivity contribution is 5.96. The Morgan fingerprint density at radius 2 is 1.89 bits per heavy atom. The van der Waals surface area contributed by atoms with E-state index in [2.05, 4.69) is 23.5 Å². The van der Waals surface area contributed by atoms with Gasteiger partial charge in [-0.1, -0.05) is 31.4 Å². The summed E-state index contributed by atoms with van der Waals surface area (Å²) in [5, 5.41) is 2.99. The van der Waals surface area contributed by atoms with Crippen LogP contribution in [0.4, 0.5) is 0 Å². The first-order valence-corrected chi connectivity index (χ1v) is 7.25. The molecule has 1 saturated carbocycles. The van der Waals surface area contributed by atoms with E-state index in [0.29, 0.717) is 5.92 Å². The second-order valence-electron chi connectivity index (χ2n) is 5.61. The van der Waals surface area contributed by atoms with Gasteiger partial charge in [-0.15, -0.1) is 0 Å². The highest BCUT2D eigenvalue weighted by Crippen LogP contribution is 2.33. The van der Waals surface area contributed by atoms with E-state index in [9.17, 15) is 4.79 Å². The van der Waals surface area contributed by atoms with E-state index >= 15 is 0 Å². The Morgan fingerprint density at radius 1 is 1.06 bits per heavy atom. The summed E-state index contributed by atoms with van der Waals surface area (Å²) in [5.74, 6) is 0.806. The van der Waals surface area contributed by atoms with Crippen LogP contribution >= 0.6 is 0 Å². The highest BCUT2D eigenvalue weighted by Gasteiger charge is 2.20. The van der Waals surface area contributed by atoms with E-state index in [1.165, 1.54) is 43.2 Å². The molecule has 0 atom stereocenters. The van der Waals surface area contributed by atoms with Crippen LogP contribution < -0.4 is 5.32 Å². The first-order valence-electron chi connectivity index (χ1n) is 7.25. The SMILES string of the molecule is O=C1NCCCc2ccc(C3CCCCC3)cc21. The second kappa shape index (κ2) is 5.13. The Morgan fingerprint density at radius 3 is 2.72 bits per heavy atom. The van der Waals surface area contributed by atoms with Crippen LogP contribution in [0.2, 0.25) is 0 Å². The molecule has 1 aliphatic heterocycles. The van der Waals surface area contributed by atoms with Gasteiger partial charge < -0.3 is 5.32 Å². The van der Waals surface area contributed by atoms with Gasteiger partial charge in [-0.05, 0) is 48.8 Å². The van der Waals surface area contributed by atoms with Crippen molar-refractivity contribution in [1.82, 2.24) is 5.32 Å². The zero-order valence-corrected chi connectivity index (χ0v) is 10.9. The van der Waals surface area contributed by atoms with E-state index in [1.54, 1.807) is 0 Å². The lowest BCUT2D eigenvalue weighted by atomic mass is 9.83. The van der Waals surface area contributed by atoms with Crippen molar-refractivity contribution in [2.45, 2.75) is 50.9 Å². The maximum Gasteiger partial charge on any atom is 0.251 e. The molecule has 2 nitrogen and oxygen atoms in total. The number of rotatable bonds is 1. The van der Waals surface area contributed by atoms with Gasteiger partial charge >= 0.3 is 0 Å². The molecule has 0 saturated heterocycles. The first-order chi connectivity index (χ1) is 8.84. The minimum atomic E-state index is 0.125. The quantitative estimate of drug-likeness (QED) is 0.804. The number of hydrogen-bond acceptors (Lipinski definition) is 1. The van der Waals surface area contributed by atoms with Crippen molar-refractivity contribution in [2.75, 3.05) is 6.54 Å². The van der Waals surface area contributed by atoms with Crippen LogP contribution in [-0.2, 0) is 6.42 Å². The van der Waals surface area contributed by atoms with Crippen molar-refractivity contribution in [3.8, 4) is 0 Å². The van der Waals surface area contributed by atoms with Gasteiger partial charge in [0.25, 0.3) is 5.91 Å². The summed E-state index contributed by atoms with van der Waals surface area (Å²) in [7, 11) is 0. The number of aryl methyl sites for hydroxylation is 1. The van der Waals surface area contributed by atoms with Crippen LogP contribution in [0.5, 0.6) is 0 Å². The molecule has 3 rings (SSSR count). The van der Waals surface area contributed by atoms with Crippen molar-refractivity contribution in [1.29, 1.82) is 0 Å². The van der Waals surface area contributed by atoms with Gasteiger partial charge in [0.2, 0.25) is 0 Å². The van der Waals surface area contributed by atoms with Crippen LogP contribution in [0.1, 0.15) is 65.9 Å². The number of carbonyl (C=O) groups excluding carboxylic acids is 1. The fourth-order valence-corrected chi connectivity index (χ4v) is 3.29. The molecule has 0 bridgehead atoms. The molecule has 0 aromatic heterocycles. The molecule has 2 aliphatic rings. The Hall–Kier alpha value is -1.31. The Labute approximate surface area is 109 Å². The summed E-state index contributed by atoms with van der Waals surface area (Å²) in [6.45, 7) is 0.812. The average molecular weight is 243 g/mol. The average Bonchev–Trinajstić information content (AvgIpc) is 2.62. The van der Waals surface area contributed by atoms with E-state index in [1.807, 2.05) is 0 Å². The Balaban J connectivity index is 1.91. The van der Waals surface area contributed by atoms with Gasteiger partial charge in [0.15, 0.2) is 0 Å². The molecule has 1 N–H and O–H groups in total. The van der Waals surface area contributed by atoms with Gasteiger partial charge in [0.05, 0.1) is 0 Å². The van der Waals surface area contributed by atoms with Crippen LogP contribution in [0.3, 0.4) is 0 Å². The van der Waals surface area contributed by atoms with Crippen molar-refractivity contribution in [2.24, 2.45) is 0 Å². The standard InChI is InChI=1S/C16H21NO/c18-16-15-11-14(12-5-2-1-3-6-12)9-8-13(15)7-4-10-17-16/h8-9,11-12H,1-7,10H2,(H,17,18). The van der Waals surface area contributed by atoms with Crippen LogP contribution in [0, 0.1) is 0 Å². The van der Waals surface area contributed by atoms with Gasteiger partial charge in [-0.2, -0.15) is 0 Å². The number of carbonyl (C=O) groups is 1. The number of amides is 1. The maximum atomic E-state index is 12.0. The fourth-order valence-electron chi connectivity index (χ4n) is 3.29. The molecular formula is C16H21NO. The van der Waals surface area contributed by atoms with Gasteiger partial charge in [0.1, 0.15) is 0 Å². The van der Waals surface area contributed by atoms with E-state index < -0.39 is 0 Å². The van der Waals surface area contributed by atoms with E-state index in [4.69, 9.17) is 0 Å². The summed E-state index contributed by atoms with van der Waals surface area (Å²) in [4.78, 5) is 12.0. The molecule has 1 aromatic rings. The summed E-state index contributed by atoms with van der Waals surface area (Å²) in [6, 6.07) is 6.60. The molecule has 0 radical (unpaired) electrons. The molecule has 0 spiro atoms. The van der Waals surface area contributed by atoms with Crippen molar-refractivity contribution >= 4 is 5.91 Å². The topological polar surface area (TPSA) is 29.1 Å². The van der Waals surface area contributed by atoms with Crippen molar-refractivity contribution < 1.29 is 4.79 Å². The van der Waals surface area contributed by atoms with Crippen LogP contribution in [-0.4, -0.2) is 12.5 Å². The molecule has 1 amide bonds. The largest absolute Gasteiger partial charge is 0.352 e. The van der Waals surface area contributed by atoms with Crippen molar-refractivity contribution in [3.05, 3.63) is 34.9 Å². The third kappa shape index (κ3) is 2.29. The molecule has 2 heteroatoms. The molecule has 96 valence electrons. The van der Waals surface area contributed by atoms with Crippen LogP contribution in [0.25, 0.3) is 0 Å². The van der Waals surface area contributed by atoms with E-state index in [-0.39, 0.29) is 5.91 Å². The Bertz CT molecular complexity index is 446. The molecule has 1 aliphatic carbocycles. The molecule has 1 fully saturated rings. The summed E-state index contributed by atoms with van der Waals surface area (Å²) >= 11 is 0. The zero-order valence-electron chi connectivity index (χ0n) is 10.9. The second-order valence-corrected chi connectivity index (χ2v) is 5.61. The third-order valence-corrected chi connectivity index (χ3v) is 4.36. The predicted octanol–water partition coefficient (Wildman–Crippen LogP) is 3.41. The number of benzene rings is 1. The van der Waals surface area contributed by atoms with E-state index in [0.717, 1.165) is 24.9 Å².